The zero-order chi connectivity index (χ0) is 26.8. The summed E-state index contributed by atoms with van der Waals surface area (Å²) < 4.78 is 109. The average Bonchev–Trinajstić information content (AvgIpc) is 3.08. The van der Waals surface area contributed by atoms with Crippen molar-refractivity contribution in [2.45, 2.75) is 43.6 Å². The number of carbonyl (C=O) groups excluding carboxylic acids is 1. The van der Waals surface area contributed by atoms with Gasteiger partial charge in [0.2, 0.25) is 0 Å². The molecule has 0 aliphatic heterocycles. The molecule has 3 aromatic rings. The van der Waals surface area contributed by atoms with E-state index in [9.17, 15) is 39.9 Å². The summed E-state index contributed by atoms with van der Waals surface area (Å²) >= 11 is 0. The molecule has 3 heterocycles. The number of nitrogens with zero attached hydrogens (tertiary/aromatic N) is 7. The van der Waals surface area contributed by atoms with Crippen LogP contribution in [0, 0.1) is 18.3 Å². The maximum atomic E-state index is 13.9. The van der Waals surface area contributed by atoms with E-state index in [2.05, 4.69) is 20.6 Å². The molecule has 0 unspecified atom stereocenters. The topological polar surface area (TPSA) is 106 Å². The van der Waals surface area contributed by atoms with E-state index in [0.29, 0.717) is 17.5 Å². The average molecular weight is 522 g/mol. The zero-order valence-corrected chi connectivity index (χ0v) is 18.2. The third kappa shape index (κ3) is 4.05. The first-order valence-electron chi connectivity index (χ1n) is 9.95. The van der Waals surface area contributed by atoms with Gasteiger partial charge in [0, 0.05) is 13.2 Å². The summed E-state index contributed by atoms with van der Waals surface area (Å²) in [6, 6.07) is 1.98. The van der Waals surface area contributed by atoms with Crippen LogP contribution in [-0.2, 0) is 19.1 Å². The molecule has 1 aliphatic carbocycles. The molecule has 0 atom stereocenters. The fraction of sp³-hybridized carbons (Fsp3) is 0.421. The summed E-state index contributed by atoms with van der Waals surface area (Å²) in [6.07, 6.45) is -7.99. The van der Waals surface area contributed by atoms with E-state index in [1.165, 1.54) is 13.1 Å². The molecule has 36 heavy (non-hydrogen) atoms. The summed E-state index contributed by atoms with van der Waals surface area (Å²) in [7, 11) is 0.755. The standard InChI is InChI=1S/C19H14F8N8O/c1-9-11(14(36)30-16(8-28)3-4-16)7-34(31-9)10-5-29-35(6-10)15-12(18(22,23)24)13(32-33(15)2)17(20,21)19(25,26)27/h5-7H,3-4H2,1-2H3,(H,30,36). The second kappa shape index (κ2) is 7.77. The van der Waals surface area contributed by atoms with Crippen LogP contribution in [0.25, 0.3) is 11.5 Å². The van der Waals surface area contributed by atoms with Crippen LogP contribution in [-0.4, -0.2) is 47.0 Å². The minimum atomic E-state index is -6.33. The highest BCUT2D eigenvalue weighted by Crippen LogP contribution is 2.49. The lowest BCUT2D eigenvalue weighted by atomic mass is 10.1. The summed E-state index contributed by atoms with van der Waals surface area (Å²) in [6.45, 7) is 1.45. The van der Waals surface area contributed by atoms with Crippen LogP contribution >= 0.6 is 0 Å². The summed E-state index contributed by atoms with van der Waals surface area (Å²) in [5.41, 5.74) is -5.61. The zero-order valence-electron chi connectivity index (χ0n) is 18.2. The minimum absolute atomic E-state index is 0.0444. The maximum absolute atomic E-state index is 13.9. The molecule has 1 amide bonds. The lowest BCUT2D eigenvalue weighted by Crippen LogP contribution is -2.36. The Morgan fingerprint density at radius 1 is 1.08 bits per heavy atom. The van der Waals surface area contributed by atoms with Crippen molar-refractivity contribution in [1.82, 2.24) is 34.7 Å². The van der Waals surface area contributed by atoms with Gasteiger partial charge in [-0.1, -0.05) is 0 Å². The van der Waals surface area contributed by atoms with Crippen LogP contribution in [0.2, 0.25) is 0 Å². The van der Waals surface area contributed by atoms with E-state index in [-0.39, 0.29) is 21.6 Å². The number of nitrogens with one attached hydrogen (secondary N) is 1. The van der Waals surface area contributed by atoms with Crippen LogP contribution in [0.4, 0.5) is 35.1 Å². The number of hydrogen-bond donors (Lipinski definition) is 1. The van der Waals surface area contributed by atoms with Gasteiger partial charge < -0.3 is 5.32 Å². The number of nitriles is 1. The lowest BCUT2D eigenvalue weighted by molar-refractivity contribution is -0.292. The number of hydrogen-bond acceptors (Lipinski definition) is 5. The number of carbonyl (C=O) groups is 1. The van der Waals surface area contributed by atoms with Gasteiger partial charge in [-0.15, -0.1) is 0 Å². The molecular weight excluding hydrogens is 508 g/mol. The van der Waals surface area contributed by atoms with Crippen LogP contribution in [0.5, 0.6) is 0 Å². The first kappa shape index (κ1) is 25.1. The number of halogens is 8. The SMILES string of the molecule is Cc1nn(-c2cnn(-c3c(C(F)(F)F)c(C(F)(F)C(F)(F)F)nn3C)c2)cc1C(=O)NC1(C#N)CC1. The van der Waals surface area contributed by atoms with E-state index in [0.717, 1.165) is 24.1 Å². The quantitative estimate of drug-likeness (QED) is 0.516. The van der Waals surface area contributed by atoms with E-state index < -0.39 is 46.8 Å². The van der Waals surface area contributed by atoms with Crippen molar-refractivity contribution in [2.24, 2.45) is 7.05 Å². The molecule has 0 radical (unpaired) electrons. The molecule has 0 bridgehead atoms. The van der Waals surface area contributed by atoms with Gasteiger partial charge in [-0.05, 0) is 19.8 Å². The Balaban J connectivity index is 1.74. The molecule has 0 aromatic carbocycles. The third-order valence-corrected chi connectivity index (χ3v) is 5.46. The smallest absolute Gasteiger partial charge is 0.334 e. The van der Waals surface area contributed by atoms with E-state index in [1.54, 1.807) is 0 Å². The van der Waals surface area contributed by atoms with Crippen LogP contribution in [0.15, 0.2) is 18.6 Å². The molecule has 1 fully saturated rings. The van der Waals surface area contributed by atoms with Gasteiger partial charge in [0.15, 0.2) is 11.5 Å². The molecule has 17 heteroatoms. The van der Waals surface area contributed by atoms with Gasteiger partial charge in [0.05, 0.1) is 29.7 Å². The first-order chi connectivity index (χ1) is 16.5. The molecule has 4 rings (SSSR count). The van der Waals surface area contributed by atoms with Gasteiger partial charge in [0.1, 0.15) is 16.8 Å². The predicted octanol–water partition coefficient (Wildman–Crippen LogP) is 3.56. The monoisotopic (exact) mass is 522 g/mol. The van der Waals surface area contributed by atoms with Crippen molar-refractivity contribution in [3.63, 3.8) is 0 Å². The highest BCUT2D eigenvalue weighted by molar-refractivity contribution is 5.96. The van der Waals surface area contributed by atoms with Gasteiger partial charge in [-0.2, -0.15) is 55.7 Å². The number of rotatable bonds is 5. The minimum Gasteiger partial charge on any atom is -0.334 e. The Kier molecular flexibility index (Phi) is 5.42. The first-order valence-corrected chi connectivity index (χ1v) is 9.95. The Hall–Kier alpha value is -3.97. The van der Waals surface area contributed by atoms with Crippen molar-refractivity contribution in [1.29, 1.82) is 5.26 Å². The fourth-order valence-corrected chi connectivity index (χ4v) is 3.43. The highest BCUT2D eigenvalue weighted by atomic mass is 19.4. The van der Waals surface area contributed by atoms with Crippen LogP contribution in [0.3, 0.4) is 0 Å². The number of alkyl halides is 8. The van der Waals surface area contributed by atoms with E-state index in [1.807, 2.05) is 6.07 Å². The van der Waals surface area contributed by atoms with Crippen molar-refractivity contribution in [2.75, 3.05) is 0 Å². The molecule has 0 saturated heterocycles. The Morgan fingerprint density at radius 2 is 1.72 bits per heavy atom. The van der Waals surface area contributed by atoms with Crippen molar-refractivity contribution in [3.05, 3.63) is 41.1 Å². The number of aromatic nitrogens is 6. The molecule has 0 spiro atoms. The molecular formula is C19H14F8N8O. The predicted molar refractivity (Wildman–Crippen MR) is 102 cm³/mol. The Labute approximate surface area is 195 Å². The fourth-order valence-electron chi connectivity index (χ4n) is 3.43. The third-order valence-electron chi connectivity index (χ3n) is 5.46. The summed E-state index contributed by atoms with van der Waals surface area (Å²) in [5.74, 6) is -7.71. The molecule has 9 nitrogen and oxygen atoms in total. The molecule has 3 aromatic heterocycles. The van der Waals surface area contributed by atoms with Crippen molar-refractivity contribution in [3.8, 4) is 17.6 Å². The molecule has 1 N–H and O–H groups in total. The number of aryl methyl sites for hydroxylation is 2. The lowest BCUT2D eigenvalue weighted by Gasteiger charge is -2.19. The maximum Gasteiger partial charge on any atom is 0.459 e. The van der Waals surface area contributed by atoms with Gasteiger partial charge in [0.25, 0.3) is 5.91 Å². The van der Waals surface area contributed by atoms with Gasteiger partial charge in [-0.25, -0.2) is 14.0 Å². The summed E-state index contributed by atoms with van der Waals surface area (Å²) in [5, 5.41) is 22.2. The summed E-state index contributed by atoms with van der Waals surface area (Å²) in [4.78, 5) is 12.5. The normalized spacial score (nSPS) is 15.6. The van der Waals surface area contributed by atoms with E-state index >= 15 is 0 Å². The van der Waals surface area contributed by atoms with Crippen molar-refractivity contribution >= 4 is 5.91 Å². The van der Waals surface area contributed by atoms with Crippen LogP contribution in [0.1, 0.15) is 40.2 Å². The number of amides is 1. The Morgan fingerprint density at radius 3 is 2.25 bits per heavy atom. The van der Waals surface area contributed by atoms with E-state index in [4.69, 9.17) is 5.26 Å². The second-order valence-electron chi connectivity index (χ2n) is 8.10. The highest BCUT2D eigenvalue weighted by Gasteiger charge is 2.64. The molecule has 192 valence electrons. The van der Waals surface area contributed by atoms with Crippen LogP contribution < -0.4 is 5.32 Å². The molecule has 1 aliphatic rings. The van der Waals surface area contributed by atoms with Crippen molar-refractivity contribution < 1.29 is 39.9 Å². The Bertz CT molecular complexity index is 1380. The second-order valence-corrected chi connectivity index (χ2v) is 8.10. The molecule has 1 saturated carbocycles. The largest absolute Gasteiger partial charge is 0.459 e. The van der Waals surface area contributed by atoms with Gasteiger partial charge >= 0.3 is 18.3 Å². The van der Waals surface area contributed by atoms with Gasteiger partial charge in [-0.3, -0.25) is 4.79 Å².